The standard InChI is InChI=1S/C23H22N4O2S/c28-22(26-23-25-18-9-2-1-3-11-20(18)30-23)17-8-4-5-10-19(17)29-15-16-14-27-13-7-6-12-21(27)24-16/h4-8,10,12-14H,1-3,9,11,15H2,(H,25,26,28). The van der Waals surface area contributed by atoms with Crippen LogP contribution in [0.3, 0.4) is 0 Å². The van der Waals surface area contributed by atoms with E-state index in [-0.39, 0.29) is 12.5 Å². The summed E-state index contributed by atoms with van der Waals surface area (Å²) in [4.78, 5) is 23.4. The Morgan fingerprint density at radius 1 is 1.07 bits per heavy atom. The lowest BCUT2D eigenvalue weighted by atomic mass is 10.2. The third-order valence-electron chi connectivity index (χ3n) is 5.24. The molecular formula is C23H22N4O2S. The van der Waals surface area contributed by atoms with Crippen molar-refractivity contribution in [1.29, 1.82) is 0 Å². The van der Waals surface area contributed by atoms with Crippen LogP contribution in [-0.2, 0) is 19.4 Å². The molecular weight excluding hydrogens is 396 g/mol. The summed E-state index contributed by atoms with van der Waals surface area (Å²) < 4.78 is 7.90. The first-order chi connectivity index (χ1) is 14.8. The highest BCUT2D eigenvalue weighted by molar-refractivity contribution is 7.15. The van der Waals surface area contributed by atoms with E-state index < -0.39 is 0 Å². The maximum atomic E-state index is 12.9. The van der Waals surface area contributed by atoms with Crippen LogP contribution in [-0.4, -0.2) is 20.3 Å². The minimum absolute atomic E-state index is 0.204. The van der Waals surface area contributed by atoms with Gasteiger partial charge in [-0.05, 0) is 49.9 Å². The summed E-state index contributed by atoms with van der Waals surface area (Å²) in [6.45, 7) is 0.289. The maximum Gasteiger partial charge on any atom is 0.261 e. The molecule has 1 aliphatic carbocycles. The monoisotopic (exact) mass is 418 g/mol. The van der Waals surface area contributed by atoms with Gasteiger partial charge < -0.3 is 9.14 Å². The van der Waals surface area contributed by atoms with Crippen molar-refractivity contribution in [2.75, 3.05) is 5.32 Å². The number of carbonyl (C=O) groups excluding carboxylic acids is 1. The first kappa shape index (κ1) is 18.8. The van der Waals surface area contributed by atoms with Crippen LogP contribution in [0.4, 0.5) is 5.13 Å². The van der Waals surface area contributed by atoms with E-state index in [2.05, 4.69) is 15.3 Å². The van der Waals surface area contributed by atoms with Gasteiger partial charge in [0.25, 0.3) is 5.91 Å². The molecule has 30 heavy (non-hydrogen) atoms. The Balaban J connectivity index is 1.31. The molecule has 0 aliphatic heterocycles. The lowest BCUT2D eigenvalue weighted by Crippen LogP contribution is -2.13. The number of nitrogens with one attached hydrogen (secondary N) is 1. The van der Waals surface area contributed by atoms with Crippen LogP contribution in [0.1, 0.15) is 45.9 Å². The fourth-order valence-corrected chi connectivity index (χ4v) is 4.78. The van der Waals surface area contributed by atoms with Crippen LogP contribution in [0.15, 0.2) is 54.9 Å². The Morgan fingerprint density at radius 2 is 1.93 bits per heavy atom. The Labute approximate surface area is 178 Å². The lowest BCUT2D eigenvalue weighted by Gasteiger charge is -2.10. The second kappa shape index (κ2) is 8.28. The molecule has 0 spiro atoms. The van der Waals surface area contributed by atoms with Crippen molar-refractivity contribution in [2.45, 2.75) is 38.7 Å². The molecule has 4 aromatic rings. The second-order valence-electron chi connectivity index (χ2n) is 7.39. The number of imidazole rings is 1. The smallest absolute Gasteiger partial charge is 0.261 e. The molecule has 0 bridgehead atoms. The fourth-order valence-electron chi connectivity index (χ4n) is 3.74. The largest absolute Gasteiger partial charge is 0.486 e. The minimum atomic E-state index is -0.204. The lowest BCUT2D eigenvalue weighted by molar-refractivity contribution is 0.102. The number of fused-ring (bicyclic) bond motifs is 2. The molecule has 1 aliphatic rings. The van der Waals surface area contributed by atoms with E-state index in [0.29, 0.717) is 16.4 Å². The number of para-hydroxylation sites is 1. The van der Waals surface area contributed by atoms with Gasteiger partial charge in [0.05, 0.1) is 17.0 Å². The quantitative estimate of drug-likeness (QED) is 0.469. The van der Waals surface area contributed by atoms with Gasteiger partial charge in [-0.3, -0.25) is 10.1 Å². The van der Waals surface area contributed by atoms with Gasteiger partial charge in [-0.15, -0.1) is 11.3 Å². The van der Waals surface area contributed by atoms with Gasteiger partial charge in [-0.25, -0.2) is 9.97 Å². The number of aromatic nitrogens is 3. The molecule has 0 saturated heterocycles. The Kier molecular flexibility index (Phi) is 5.19. The van der Waals surface area contributed by atoms with Crippen molar-refractivity contribution in [3.8, 4) is 5.75 Å². The Morgan fingerprint density at radius 3 is 2.87 bits per heavy atom. The number of benzene rings is 1. The third-order valence-corrected chi connectivity index (χ3v) is 6.31. The second-order valence-corrected chi connectivity index (χ2v) is 8.47. The van der Waals surface area contributed by atoms with Crippen molar-refractivity contribution < 1.29 is 9.53 Å². The van der Waals surface area contributed by atoms with Crippen molar-refractivity contribution >= 4 is 28.0 Å². The Bertz CT molecular complexity index is 1140. The average molecular weight is 419 g/mol. The first-order valence-electron chi connectivity index (χ1n) is 10.2. The molecule has 6 nitrogen and oxygen atoms in total. The summed E-state index contributed by atoms with van der Waals surface area (Å²) in [5.74, 6) is 0.328. The molecule has 1 amide bonds. The van der Waals surface area contributed by atoms with E-state index in [0.717, 1.165) is 29.9 Å². The van der Waals surface area contributed by atoms with E-state index in [1.54, 1.807) is 17.4 Å². The van der Waals surface area contributed by atoms with Gasteiger partial charge >= 0.3 is 0 Å². The number of rotatable bonds is 5. The zero-order chi connectivity index (χ0) is 20.3. The van der Waals surface area contributed by atoms with Gasteiger partial charge in [0.15, 0.2) is 5.13 Å². The number of nitrogens with zero attached hydrogens (tertiary/aromatic N) is 3. The molecule has 1 N–H and O–H groups in total. The summed E-state index contributed by atoms with van der Waals surface area (Å²) in [5.41, 5.74) is 3.31. The molecule has 0 fully saturated rings. The molecule has 0 atom stereocenters. The average Bonchev–Trinajstić information content (AvgIpc) is 3.29. The molecule has 0 saturated carbocycles. The van der Waals surface area contributed by atoms with Gasteiger partial charge in [-0.2, -0.15) is 0 Å². The van der Waals surface area contributed by atoms with Gasteiger partial charge in [0, 0.05) is 17.3 Å². The number of pyridine rings is 1. The van der Waals surface area contributed by atoms with Crippen molar-refractivity contribution in [3.05, 3.63) is 76.7 Å². The summed E-state index contributed by atoms with van der Waals surface area (Å²) >= 11 is 1.59. The number of anilines is 1. The number of aryl methyl sites for hydroxylation is 2. The zero-order valence-corrected chi connectivity index (χ0v) is 17.3. The highest BCUT2D eigenvalue weighted by atomic mass is 32.1. The molecule has 7 heteroatoms. The van der Waals surface area contributed by atoms with E-state index in [1.165, 1.54) is 24.1 Å². The van der Waals surface area contributed by atoms with E-state index in [1.807, 2.05) is 53.2 Å². The van der Waals surface area contributed by atoms with Crippen molar-refractivity contribution in [2.24, 2.45) is 0 Å². The summed E-state index contributed by atoms with van der Waals surface area (Å²) in [6, 6.07) is 13.1. The number of ether oxygens (including phenoxy) is 1. The summed E-state index contributed by atoms with van der Waals surface area (Å²) in [6.07, 6.45) is 9.56. The number of thiazole rings is 1. The molecule has 5 rings (SSSR count). The minimum Gasteiger partial charge on any atom is -0.486 e. The molecule has 152 valence electrons. The predicted octanol–water partition coefficient (Wildman–Crippen LogP) is 4.89. The van der Waals surface area contributed by atoms with Crippen LogP contribution in [0.2, 0.25) is 0 Å². The molecule has 0 unspecified atom stereocenters. The first-order valence-corrected chi connectivity index (χ1v) is 11.0. The van der Waals surface area contributed by atoms with E-state index in [4.69, 9.17) is 4.74 Å². The van der Waals surface area contributed by atoms with Crippen LogP contribution < -0.4 is 10.1 Å². The predicted molar refractivity (Wildman–Crippen MR) is 117 cm³/mol. The van der Waals surface area contributed by atoms with Crippen molar-refractivity contribution in [3.63, 3.8) is 0 Å². The Hall–Kier alpha value is -3.19. The third kappa shape index (κ3) is 3.93. The fraction of sp³-hybridized carbons (Fsp3) is 0.261. The van der Waals surface area contributed by atoms with Crippen LogP contribution >= 0.6 is 11.3 Å². The van der Waals surface area contributed by atoms with Gasteiger partial charge in [0.2, 0.25) is 0 Å². The van der Waals surface area contributed by atoms with Crippen LogP contribution in [0.5, 0.6) is 5.75 Å². The highest BCUT2D eigenvalue weighted by Gasteiger charge is 2.18. The summed E-state index contributed by atoms with van der Waals surface area (Å²) in [5, 5.41) is 3.63. The van der Waals surface area contributed by atoms with E-state index >= 15 is 0 Å². The highest BCUT2D eigenvalue weighted by Crippen LogP contribution is 2.30. The van der Waals surface area contributed by atoms with Crippen molar-refractivity contribution in [1.82, 2.24) is 14.4 Å². The maximum absolute atomic E-state index is 12.9. The molecule has 1 aromatic carbocycles. The van der Waals surface area contributed by atoms with Crippen LogP contribution in [0.25, 0.3) is 5.65 Å². The normalized spacial score (nSPS) is 13.6. The molecule has 0 radical (unpaired) electrons. The number of amides is 1. The number of hydrogen-bond donors (Lipinski definition) is 1. The number of carbonyl (C=O) groups is 1. The van der Waals surface area contributed by atoms with E-state index in [9.17, 15) is 4.79 Å². The molecule has 3 heterocycles. The van der Waals surface area contributed by atoms with Gasteiger partial charge in [-0.1, -0.05) is 24.6 Å². The summed E-state index contributed by atoms with van der Waals surface area (Å²) in [7, 11) is 0. The number of hydrogen-bond acceptors (Lipinski definition) is 5. The molecule has 3 aromatic heterocycles. The zero-order valence-electron chi connectivity index (χ0n) is 16.5. The van der Waals surface area contributed by atoms with Gasteiger partial charge in [0.1, 0.15) is 18.0 Å². The van der Waals surface area contributed by atoms with Crippen LogP contribution in [0, 0.1) is 0 Å². The SMILES string of the molecule is O=C(Nc1nc2c(s1)CCCCC2)c1ccccc1OCc1cn2ccccc2n1. The topological polar surface area (TPSA) is 68.5 Å².